The molecule has 0 unspecified atom stereocenters. The zero-order valence-electron chi connectivity index (χ0n) is 11.1. The number of nitrogens with zero attached hydrogens (tertiary/aromatic N) is 2. The normalized spacial score (nSPS) is 11.8. The van der Waals surface area contributed by atoms with E-state index >= 15 is 0 Å². The minimum Gasteiger partial charge on any atom is -0.398 e. The van der Waals surface area contributed by atoms with Crippen LogP contribution in [0.2, 0.25) is 0 Å². The van der Waals surface area contributed by atoms with Crippen LogP contribution in [-0.4, -0.2) is 18.0 Å². The van der Waals surface area contributed by atoms with Crippen molar-refractivity contribution in [3.05, 3.63) is 41.7 Å². The first kappa shape index (κ1) is 14.5. The van der Waals surface area contributed by atoms with Gasteiger partial charge in [-0.25, -0.2) is 22.5 Å². The Morgan fingerprint density at radius 2 is 2.15 bits per heavy atom. The molecule has 1 heterocycles. The SMILES string of the molecule is Cc1c(N)cc(S(=O)(=O)NCc2nccn2C)cc1F. The highest BCUT2D eigenvalue weighted by molar-refractivity contribution is 7.89. The van der Waals surface area contributed by atoms with E-state index in [-0.39, 0.29) is 22.7 Å². The molecule has 0 aliphatic carbocycles. The van der Waals surface area contributed by atoms with Crippen molar-refractivity contribution in [1.82, 2.24) is 14.3 Å². The summed E-state index contributed by atoms with van der Waals surface area (Å²) in [4.78, 5) is 3.80. The minimum atomic E-state index is -3.84. The second-order valence-electron chi connectivity index (χ2n) is 4.40. The lowest BCUT2D eigenvalue weighted by molar-refractivity contribution is 0.573. The van der Waals surface area contributed by atoms with E-state index in [0.717, 1.165) is 6.07 Å². The zero-order chi connectivity index (χ0) is 14.9. The van der Waals surface area contributed by atoms with Crippen LogP contribution in [0.4, 0.5) is 10.1 Å². The van der Waals surface area contributed by atoms with Crippen LogP contribution in [0.3, 0.4) is 0 Å². The number of halogens is 1. The van der Waals surface area contributed by atoms with Gasteiger partial charge in [-0.15, -0.1) is 0 Å². The van der Waals surface area contributed by atoms with Crippen molar-refractivity contribution in [1.29, 1.82) is 0 Å². The van der Waals surface area contributed by atoms with Gasteiger partial charge in [0.05, 0.1) is 11.4 Å². The highest BCUT2D eigenvalue weighted by Gasteiger charge is 2.18. The Kier molecular flexibility index (Phi) is 3.78. The van der Waals surface area contributed by atoms with Crippen molar-refractivity contribution in [2.24, 2.45) is 7.05 Å². The molecule has 0 fully saturated rings. The number of aryl methyl sites for hydroxylation is 1. The van der Waals surface area contributed by atoms with Crippen LogP contribution in [-0.2, 0) is 23.6 Å². The Hall–Kier alpha value is -1.93. The fraction of sp³-hybridized carbons (Fsp3) is 0.250. The van der Waals surface area contributed by atoms with Gasteiger partial charge in [0, 0.05) is 30.7 Å². The van der Waals surface area contributed by atoms with E-state index in [4.69, 9.17) is 5.73 Å². The molecule has 0 spiro atoms. The van der Waals surface area contributed by atoms with Gasteiger partial charge in [-0.3, -0.25) is 0 Å². The maximum atomic E-state index is 13.6. The minimum absolute atomic E-state index is 0.0151. The predicted molar refractivity (Wildman–Crippen MR) is 72.8 cm³/mol. The number of sulfonamides is 1. The molecular formula is C12H15FN4O2S. The molecule has 0 amide bonds. The standard InChI is InChI=1S/C12H15FN4O2S/c1-8-10(13)5-9(6-11(8)14)20(18,19)16-7-12-15-3-4-17(12)2/h3-6,16H,7,14H2,1-2H3. The number of nitrogens with two attached hydrogens (primary N) is 1. The first-order valence-corrected chi connectivity index (χ1v) is 7.31. The number of nitrogen functional groups attached to an aromatic ring is 1. The molecule has 0 saturated heterocycles. The van der Waals surface area contributed by atoms with Crippen molar-refractivity contribution in [2.75, 3.05) is 5.73 Å². The Morgan fingerprint density at radius 3 is 2.70 bits per heavy atom. The summed E-state index contributed by atoms with van der Waals surface area (Å²) in [6.45, 7) is 1.50. The first-order chi connectivity index (χ1) is 9.31. The van der Waals surface area contributed by atoms with E-state index in [2.05, 4.69) is 9.71 Å². The van der Waals surface area contributed by atoms with Crippen LogP contribution >= 0.6 is 0 Å². The highest BCUT2D eigenvalue weighted by atomic mass is 32.2. The predicted octanol–water partition coefficient (Wildman–Crippen LogP) is 0.928. The smallest absolute Gasteiger partial charge is 0.241 e. The molecule has 1 aromatic carbocycles. The zero-order valence-corrected chi connectivity index (χ0v) is 11.9. The largest absolute Gasteiger partial charge is 0.398 e. The van der Waals surface area contributed by atoms with Crippen LogP contribution in [0, 0.1) is 12.7 Å². The monoisotopic (exact) mass is 298 g/mol. The van der Waals surface area contributed by atoms with Crippen molar-refractivity contribution < 1.29 is 12.8 Å². The molecule has 8 heteroatoms. The molecule has 0 aliphatic heterocycles. The summed E-state index contributed by atoms with van der Waals surface area (Å²) in [6.07, 6.45) is 3.26. The van der Waals surface area contributed by atoms with Gasteiger partial charge >= 0.3 is 0 Å². The molecule has 3 N–H and O–H groups in total. The molecule has 20 heavy (non-hydrogen) atoms. The maximum Gasteiger partial charge on any atom is 0.241 e. The van der Waals surface area contributed by atoms with Crippen LogP contribution in [0.5, 0.6) is 0 Å². The summed E-state index contributed by atoms with van der Waals surface area (Å²) in [7, 11) is -2.09. The first-order valence-electron chi connectivity index (χ1n) is 5.83. The van der Waals surface area contributed by atoms with E-state index < -0.39 is 15.8 Å². The Bertz CT molecular complexity index is 717. The Balaban J connectivity index is 2.25. The molecule has 1 aromatic heterocycles. The molecule has 2 aromatic rings. The summed E-state index contributed by atoms with van der Waals surface area (Å²) < 4.78 is 41.8. The van der Waals surface area contributed by atoms with Crippen LogP contribution < -0.4 is 10.5 Å². The van der Waals surface area contributed by atoms with Crippen molar-refractivity contribution in [2.45, 2.75) is 18.4 Å². The topological polar surface area (TPSA) is 90.0 Å². The highest BCUT2D eigenvalue weighted by Crippen LogP contribution is 2.20. The van der Waals surface area contributed by atoms with Crippen LogP contribution in [0.25, 0.3) is 0 Å². The quantitative estimate of drug-likeness (QED) is 0.822. The number of nitrogens with one attached hydrogen (secondary N) is 1. The lowest BCUT2D eigenvalue weighted by atomic mass is 10.2. The van der Waals surface area contributed by atoms with Gasteiger partial charge in [0.15, 0.2) is 0 Å². The van der Waals surface area contributed by atoms with Crippen LogP contribution in [0.1, 0.15) is 11.4 Å². The average molecular weight is 298 g/mol. The molecule has 0 atom stereocenters. The Morgan fingerprint density at radius 1 is 1.45 bits per heavy atom. The third kappa shape index (κ3) is 2.81. The van der Waals surface area contributed by atoms with Crippen molar-refractivity contribution in [3.63, 3.8) is 0 Å². The van der Waals surface area contributed by atoms with Gasteiger partial charge in [0.25, 0.3) is 0 Å². The second kappa shape index (κ2) is 5.22. The number of hydrogen-bond donors (Lipinski definition) is 2. The molecule has 0 radical (unpaired) electrons. The molecule has 0 saturated carbocycles. The van der Waals surface area contributed by atoms with Crippen LogP contribution in [0.15, 0.2) is 29.4 Å². The van der Waals surface area contributed by atoms with Crippen molar-refractivity contribution >= 4 is 15.7 Å². The molecule has 0 aliphatic rings. The lowest BCUT2D eigenvalue weighted by Crippen LogP contribution is -2.25. The Labute approximate surface area is 116 Å². The summed E-state index contributed by atoms with van der Waals surface area (Å²) in [6, 6.07) is 2.19. The van der Waals surface area contributed by atoms with Gasteiger partial charge in [-0.2, -0.15) is 0 Å². The molecular weight excluding hydrogens is 283 g/mol. The number of aromatic nitrogens is 2. The van der Waals surface area contributed by atoms with E-state index in [1.165, 1.54) is 13.0 Å². The fourth-order valence-electron chi connectivity index (χ4n) is 1.64. The fourth-order valence-corrected chi connectivity index (χ4v) is 2.67. The third-order valence-corrected chi connectivity index (χ3v) is 4.39. The second-order valence-corrected chi connectivity index (χ2v) is 6.17. The molecule has 2 rings (SSSR count). The number of rotatable bonds is 4. The van der Waals surface area contributed by atoms with Gasteiger partial charge in [0.1, 0.15) is 11.6 Å². The summed E-state index contributed by atoms with van der Waals surface area (Å²) in [5.74, 6) is -0.100. The van der Waals surface area contributed by atoms with Gasteiger partial charge in [-0.05, 0) is 19.1 Å². The van der Waals surface area contributed by atoms with E-state index in [1.54, 1.807) is 24.0 Å². The number of anilines is 1. The number of benzene rings is 1. The molecule has 6 nitrogen and oxygen atoms in total. The van der Waals surface area contributed by atoms with Gasteiger partial charge < -0.3 is 10.3 Å². The molecule has 0 bridgehead atoms. The number of imidazole rings is 1. The summed E-state index contributed by atoms with van der Waals surface area (Å²) >= 11 is 0. The van der Waals surface area contributed by atoms with Gasteiger partial charge in [-0.1, -0.05) is 0 Å². The average Bonchev–Trinajstić information content (AvgIpc) is 2.78. The third-order valence-electron chi connectivity index (χ3n) is 3.01. The summed E-state index contributed by atoms with van der Waals surface area (Å²) in [5.41, 5.74) is 5.91. The lowest BCUT2D eigenvalue weighted by Gasteiger charge is -2.09. The molecule has 108 valence electrons. The van der Waals surface area contributed by atoms with Gasteiger partial charge in [0.2, 0.25) is 10.0 Å². The summed E-state index contributed by atoms with van der Waals surface area (Å²) in [5, 5.41) is 0. The maximum absolute atomic E-state index is 13.6. The van der Waals surface area contributed by atoms with E-state index in [9.17, 15) is 12.8 Å². The van der Waals surface area contributed by atoms with E-state index in [1.807, 2.05) is 0 Å². The number of hydrogen-bond acceptors (Lipinski definition) is 4. The van der Waals surface area contributed by atoms with Crippen molar-refractivity contribution in [3.8, 4) is 0 Å². The van der Waals surface area contributed by atoms with E-state index in [0.29, 0.717) is 5.82 Å².